The van der Waals surface area contributed by atoms with Crippen molar-refractivity contribution in [2.75, 3.05) is 37.5 Å². The molecule has 0 aliphatic rings. The zero-order valence-electron chi connectivity index (χ0n) is 27.1. The van der Waals surface area contributed by atoms with E-state index in [2.05, 4.69) is 20.8 Å². The van der Waals surface area contributed by atoms with E-state index < -0.39 is 5.97 Å². The molecule has 0 saturated carbocycles. The minimum Gasteiger partial charge on any atom is -0.490 e. The van der Waals surface area contributed by atoms with Gasteiger partial charge in [-0.25, -0.2) is 4.79 Å². The van der Waals surface area contributed by atoms with Gasteiger partial charge in [0.25, 0.3) is 5.91 Å². The van der Waals surface area contributed by atoms with Gasteiger partial charge in [0.05, 0.1) is 44.3 Å². The molecular weight excluding hydrogens is 622 g/mol. The van der Waals surface area contributed by atoms with Gasteiger partial charge in [0, 0.05) is 16.9 Å². The fraction of sp³-hybridized carbons (Fsp3) is 0.324. The van der Waals surface area contributed by atoms with Gasteiger partial charge in [-0.3, -0.25) is 14.2 Å². The fourth-order valence-electron chi connectivity index (χ4n) is 4.55. The average molecular weight is 662 g/mol. The van der Waals surface area contributed by atoms with Crippen LogP contribution in [0.5, 0.6) is 17.2 Å². The van der Waals surface area contributed by atoms with Gasteiger partial charge in [-0.05, 0) is 88.7 Å². The summed E-state index contributed by atoms with van der Waals surface area (Å²) in [5.41, 5.74) is 3.09. The molecule has 2 amide bonds. The molecule has 12 nitrogen and oxygen atoms in total. The number of carbonyl (C=O) groups excluding carboxylic acids is 3. The Hall–Kier alpha value is -5.04. The molecule has 0 spiro atoms. The number of nitrogens with zero attached hydrogens (tertiary/aromatic N) is 3. The van der Waals surface area contributed by atoms with Crippen molar-refractivity contribution in [1.29, 1.82) is 0 Å². The van der Waals surface area contributed by atoms with E-state index in [0.717, 1.165) is 11.3 Å². The molecule has 1 heterocycles. The third kappa shape index (κ3) is 9.26. The van der Waals surface area contributed by atoms with Gasteiger partial charge in [-0.1, -0.05) is 23.9 Å². The maximum atomic E-state index is 13.4. The molecule has 0 aliphatic carbocycles. The quantitative estimate of drug-likeness (QED) is 0.115. The monoisotopic (exact) mass is 661 g/mol. The van der Waals surface area contributed by atoms with Gasteiger partial charge in [-0.2, -0.15) is 0 Å². The molecule has 2 N–H and O–H groups in total. The Kier molecular flexibility index (Phi) is 12.6. The summed E-state index contributed by atoms with van der Waals surface area (Å²) in [6.07, 6.45) is 0. The molecule has 0 aliphatic heterocycles. The standard InChI is InChI=1S/C34H39N5O7S/c1-6-43-27-18-24(19-28(44-7-2)31(27)45-8-3)32(41)35-20-29-37-38-34(39(29)26-12-10-11-22(5)17-26)47-21-30(40)36-25-15-13-23(14-16-25)33(42)46-9-4/h10-19H,6-9,20-21H2,1-5H3,(H,35,41)(H,36,40). The topological polar surface area (TPSA) is 143 Å². The van der Waals surface area contributed by atoms with E-state index >= 15 is 0 Å². The van der Waals surface area contributed by atoms with Crippen molar-refractivity contribution in [3.8, 4) is 22.9 Å². The van der Waals surface area contributed by atoms with E-state index in [9.17, 15) is 14.4 Å². The second-order valence-electron chi connectivity index (χ2n) is 9.99. The third-order valence-electron chi connectivity index (χ3n) is 6.55. The van der Waals surface area contributed by atoms with Gasteiger partial charge in [0.1, 0.15) is 0 Å². The molecule has 3 aromatic carbocycles. The number of rotatable bonds is 16. The highest BCUT2D eigenvalue weighted by molar-refractivity contribution is 7.99. The first-order valence-electron chi connectivity index (χ1n) is 15.3. The van der Waals surface area contributed by atoms with E-state index in [-0.39, 0.29) is 30.7 Å². The molecule has 0 unspecified atom stereocenters. The van der Waals surface area contributed by atoms with Crippen LogP contribution >= 0.6 is 11.8 Å². The molecule has 0 bridgehead atoms. The number of hydrogen-bond acceptors (Lipinski definition) is 10. The number of hydrogen-bond donors (Lipinski definition) is 2. The second-order valence-corrected chi connectivity index (χ2v) is 10.9. The molecule has 4 rings (SSSR count). The first-order chi connectivity index (χ1) is 22.8. The van der Waals surface area contributed by atoms with Crippen molar-refractivity contribution in [2.24, 2.45) is 0 Å². The summed E-state index contributed by atoms with van der Waals surface area (Å²) in [4.78, 5) is 38.1. The lowest BCUT2D eigenvalue weighted by atomic mass is 10.1. The molecule has 0 saturated heterocycles. The lowest BCUT2D eigenvalue weighted by Crippen LogP contribution is -2.25. The first-order valence-corrected chi connectivity index (χ1v) is 16.3. The van der Waals surface area contributed by atoms with Crippen LogP contribution in [0.15, 0.2) is 65.8 Å². The SMILES string of the molecule is CCOC(=O)c1ccc(NC(=O)CSc2nnc(CNC(=O)c3cc(OCC)c(OCC)c(OCC)c3)n2-c2cccc(C)c2)cc1. The minimum absolute atomic E-state index is 0.0442. The van der Waals surface area contributed by atoms with E-state index in [0.29, 0.717) is 64.9 Å². The maximum absolute atomic E-state index is 13.4. The van der Waals surface area contributed by atoms with Crippen molar-refractivity contribution in [3.05, 3.63) is 83.2 Å². The summed E-state index contributed by atoms with van der Waals surface area (Å²) in [6, 6.07) is 17.5. The molecule has 0 fully saturated rings. The molecule has 248 valence electrons. The highest BCUT2D eigenvalue weighted by Crippen LogP contribution is 2.39. The van der Waals surface area contributed by atoms with Crippen LogP contribution < -0.4 is 24.8 Å². The number of thioether (sulfide) groups is 1. The Morgan fingerprint density at radius 3 is 2.11 bits per heavy atom. The summed E-state index contributed by atoms with van der Waals surface area (Å²) >= 11 is 1.21. The highest BCUT2D eigenvalue weighted by atomic mass is 32.2. The number of anilines is 1. The molecule has 4 aromatic rings. The lowest BCUT2D eigenvalue weighted by molar-refractivity contribution is -0.113. The summed E-state index contributed by atoms with van der Waals surface area (Å²) in [7, 11) is 0. The first kappa shape index (κ1) is 34.8. The number of carbonyl (C=O) groups is 3. The molecule has 0 radical (unpaired) electrons. The summed E-state index contributed by atoms with van der Waals surface area (Å²) < 4.78 is 24.1. The van der Waals surface area contributed by atoms with E-state index in [1.165, 1.54) is 11.8 Å². The number of esters is 1. The summed E-state index contributed by atoms with van der Waals surface area (Å²) in [5.74, 6) is 0.750. The van der Waals surface area contributed by atoms with Crippen LogP contribution in [0.2, 0.25) is 0 Å². The fourth-order valence-corrected chi connectivity index (χ4v) is 5.32. The molecule has 1 aromatic heterocycles. The number of benzene rings is 3. The molecular formula is C34H39N5O7S. The highest BCUT2D eigenvalue weighted by Gasteiger charge is 2.21. The van der Waals surface area contributed by atoms with Crippen molar-refractivity contribution < 1.29 is 33.3 Å². The van der Waals surface area contributed by atoms with Crippen molar-refractivity contribution >= 4 is 35.2 Å². The zero-order valence-corrected chi connectivity index (χ0v) is 27.9. The van der Waals surface area contributed by atoms with Gasteiger partial charge in [0.15, 0.2) is 22.5 Å². The lowest BCUT2D eigenvalue weighted by Gasteiger charge is -2.17. The van der Waals surface area contributed by atoms with E-state index in [1.54, 1.807) is 43.3 Å². The van der Waals surface area contributed by atoms with Crippen LogP contribution in [0.1, 0.15) is 59.8 Å². The number of aromatic nitrogens is 3. The van der Waals surface area contributed by atoms with Crippen LogP contribution in [0, 0.1) is 6.92 Å². The third-order valence-corrected chi connectivity index (χ3v) is 7.48. The van der Waals surface area contributed by atoms with Gasteiger partial charge < -0.3 is 29.6 Å². The Labute approximate surface area is 278 Å². The smallest absolute Gasteiger partial charge is 0.338 e. The number of nitrogens with one attached hydrogen (secondary N) is 2. The predicted molar refractivity (Wildman–Crippen MR) is 179 cm³/mol. The Balaban J connectivity index is 1.51. The predicted octanol–water partition coefficient (Wildman–Crippen LogP) is 5.61. The van der Waals surface area contributed by atoms with Crippen molar-refractivity contribution in [2.45, 2.75) is 46.3 Å². The summed E-state index contributed by atoms with van der Waals surface area (Å²) in [5, 5.41) is 14.9. The largest absolute Gasteiger partial charge is 0.490 e. The number of amides is 2. The number of ether oxygens (including phenoxy) is 4. The van der Waals surface area contributed by atoms with E-state index in [4.69, 9.17) is 18.9 Å². The van der Waals surface area contributed by atoms with Crippen LogP contribution in [0.3, 0.4) is 0 Å². The van der Waals surface area contributed by atoms with Crippen LogP contribution in [-0.4, -0.2) is 64.7 Å². The van der Waals surface area contributed by atoms with E-state index in [1.807, 2.05) is 56.5 Å². The van der Waals surface area contributed by atoms with Crippen LogP contribution in [0.25, 0.3) is 5.69 Å². The summed E-state index contributed by atoms with van der Waals surface area (Å²) in [6.45, 7) is 10.8. The van der Waals surface area contributed by atoms with Gasteiger partial charge in [-0.15, -0.1) is 10.2 Å². The Morgan fingerprint density at radius 2 is 1.49 bits per heavy atom. The van der Waals surface area contributed by atoms with Crippen LogP contribution in [0.4, 0.5) is 5.69 Å². The molecule has 47 heavy (non-hydrogen) atoms. The van der Waals surface area contributed by atoms with Gasteiger partial charge >= 0.3 is 5.97 Å². The van der Waals surface area contributed by atoms with Crippen molar-refractivity contribution in [3.63, 3.8) is 0 Å². The second kappa shape index (κ2) is 17.0. The van der Waals surface area contributed by atoms with Gasteiger partial charge in [0.2, 0.25) is 11.7 Å². The maximum Gasteiger partial charge on any atom is 0.338 e. The zero-order chi connectivity index (χ0) is 33.8. The van der Waals surface area contributed by atoms with Crippen LogP contribution in [-0.2, 0) is 16.1 Å². The normalized spacial score (nSPS) is 10.7. The average Bonchev–Trinajstić information content (AvgIpc) is 3.47. The Morgan fingerprint density at radius 1 is 0.809 bits per heavy atom. The molecule has 13 heteroatoms. The Bertz CT molecular complexity index is 1660. The molecule has 0 atom stereocenters. The van der Waals surface area contributed by atoms with Crippen molar-refractivity contribution in [1.82, 2.24) is 20.1 Å². The number of aryl methyl sites for hydroxylation is 1. The minimum atomic E-state index is -0.423.